The Labute approximate surface area is 131 Å². The Morgan fingerprint density at radius 3 is 2.77 bits per heavy atom. The fraction of sp³-hybridized carbons (Fsp3) is 0.0667. The van der Waals surface area contributed by atoms with Crippen molar-refractivity contribution >= 4 is 23.2 Å². The first-order valence-corrected chi connectivity index (χ1v) is 7.11. The van der Waals surface area contributed by atoms with E-state index in [1.54, 1.807) is 17.1 Å². The molecule has 2 aromatic heterocycles. The summed E-state index contributed by atoms with van der Waals surface area (Å²) in [6.07, 6.45) is 5.62. The van der Waals surface area contributed by atoms with Crippen LogP contribution in [0.3, 0.4) is 0 Å². The minimum absolute atomic E-state index is 0.0984. The van der Waals surface area contributed by atoms with Gasteiger partial charge in [0.25, 0.3) is 0 Å². The van der Waals surface area contributed by atoms with E-state index in [-0.39, 0.29) is 6.04 Å². The van der Waals surface area contributed by atoms with E-state index in [2.05, 4.69) is 31.9 Å². The van der Waals surface area contributed by atoms with Gasteiger partial charge in [0.05, 0.1) is 0 Å². The molecule has 1 aromatic carbocycles. The van der Waals surface area contributed by atoms with Gasteiger partial charge in [-0.1, -0.05) is 28.8 Å². The minimum atomic E-state index is -0.0984. The maximum Gasteiger partial charge on any atom is 0.248 e. The van der Waals surface area contributed by atoms with Crippen molar-refractivity contribution in [3.63, 3.8) is 0 Å². The van der Waals surface area contributed by atoms with Crippen molar-refractivity contribution in [2.45, 2.75) is 6.04 Å². The number of hydrogen-bond acceptors (Lipinski definition) is 5. The van der Waals surface area contributed by atoms with Crippen LogP contribution in [0.4, 0.5) is 5.95 Å². The topological polar surface area (TPSA) is 68.5 Å². The first-order chi connectivity index (χ1) is 10.8. The molecule has 3 heterocycles. The van der Waals surface area contributed by atoms with Crippen molar-refractivity contribution in [1.82, 2.24) is 25.2 Å². The molecule has 0 radical (unpaired) electrons. The lowest BCUT2D eigenvalue weighted by Crippen LogP contribution is -2.20. The molecule has 0 spiro atoms. The molecule has 1 atom stereocenters. The van der Waals surface area contributed by atoms with Gasteiger partial charge in [0.15, 0.2) is 0 Å². The third-order valence-electron chi connectivity index (χ3n) is 3.51. The first-order valence-electron chi connectivity index (χ1n) is 6.74. The van der Waals surface area contributed by atoms with Gasteiger partial charge in [0.1, 0.15) is 6.04 Å². The van der Waals surface area contributed by atoms with Crippen molar-refractivity contribution in [2.75, 3.05) is 5.32 Å². The standard InChI is InChI=1S/C15H11ClN6/c16-12-5-3-10(4-6-12)14-8-13(11-2-1-7-17-9-11)18-15-19-20-21-22(14)15/h1-9,14H,(H,18,19,21)/t14-/m1/s1. The number of nitrogens with zero attached hydrogens (tertiary/aromatic N) is 5. The highest BCUT2D eigenvalue weighted by Crippen LogP contribution is 2.31. The van der Waals surface area contributed by atoms with Gasteiger partial charge in [0.2, 0.25) is 5.95 Å². The minimum Gasteiger partial charge on any atom is -0.323 e. The third-order valence-corrected chi connectivity index (χ3v) is 3.76. The normalized spacial score (nSPS) is 16.6. The van der Waals surface area contributed by atoms with Gasteiger partial charge in [-0.25, -0.2) is 0 Å². The van der Waals surface area contributed by atoms with Crippen molar-refractivity contribution in [3.8, 4) is 0 Å². The second-order valence-electron chi connectivity index (χ2n) is 4.89. The Hall–Kier alpha value is -2.73. The molecule has 7 heteroatoms. The SMILES string of the molecule is Clc1ccc([C@H]2C=C(c3cccnc3)Nc3nnnn32)cc1. The Balaban J connectivity index is 1.81. The summed E-state index contributed by atoms with van der Waals surface area (Å²) in [5.74, 6) is 0.598. The molecule has 0 bridgehead atoms. The van der Waals surface area contributed by atoms with Crippen LogP contribution in [-0.4, -0.2) is 25.2 Å². The number of rotatable bonds is 2. The highest BCUT2D eigenvalue weighted by atomic mass is 35.5. The van der Waals surface area contributed by atoms with E-state index >= 15 is 0 Å². The van der Waals surface area contributed by atoms with Gasteiger partial charge in [0, 0.05) is 28.7 Å². The maximum atomic E-state index is 5.97. The monoisotopic (exact) mass is 310 g/mol. The van der Waals surface area contributed by atoms with E-state index in [9.17, 15) is 0 Å². The molecular weight excluding hydrogens is 300 g/mol. The van der Waals surface area contributed by atoms with E-state index < -0.39 is 0 Å². The Morgan fingerprint density at radius 2 is 2.00 bits per heavy atom. The molecule has 1 aliphatic rings. The zero-order valence-electron chi connectivity index (χ0n) is 11.4. The predicted molar refractivity (Wildman–Crippen MR) is 83.2 cm³/mol. The van der Waals surface area contributed by atoms with Gasteiger partial charge in [-0.05, 0) is 46.3 Å². The van der Waals surface area contributed by atoms with E-state index in [1.807, 2.05) is 36.4 Å². The Bertz CT molecular complexity index is 825. The molecule has 0 aliphatic carbocycles. The van der Waals surface area contributed by atoms with Gasteiger partial charge in [-0.3, -0.25) is 4.98 Å². The van der Waals surface area contributed by atoms with Crippen molar-refractivity contribution in [1.29, 1.82) is 0 Å². The number of tetrazole rings is 1. The van der Waals surface area contributed by atoms with Gasteiger partial charge < -0.3 is 5.32 Å². The van der Waals surface area contributed by atoms with Crippen LogP contribution in [0.1, 0.15) is 17.2 Å². The van der Waals surface area contributed by atoms with Crippen LogP contribution in [0.25, 0.3) is 5.70 Å². The predicted octanol–water partition coefficient (Wildman–Crippen LogP) is 2.78. The fourth-order valence-corrected chi connectivity index (χ4v) is 2.57. The average molecular weight is 311 g/mol. The van der Waals surface area contributed by atoms with Crippen molar-refractivity contribution in [2.24, 2.45) is 0 Å². The van der Waals surface area contributed by atoms with Crippen LogP contribution in [0.5, 0.6) is 0 Å². The third kappa shape index (κ3) is 2.23. The molecule has 22 heavy (non-hydrogen) atoms. The van der Waals surface area contributed by atoms with Crippen LogP contribution in [0, 0.1) is 0 Å². The number of fused-ring (bicyclic) bond motifs is 1. The van der Waals surface area contributed by atoms with Gasteiger partial charge >= 0.3 is 0 Å². The molecule has 1 aliphatic heterocycles. The number of halogens is 1. The second kappa shape index (κ2) is 5.23. The lowest BCUT2D eigenvalue weighted by Gasteiger charge is -2.23. The number of hydrogen-bond donors (Lipinski definition) is 1. The summed E-state index contributed by atoms with van der Waals surface area (Å²) in [4.78, 5) is 4.16. The van der Waals surface area contributed by atoms with Crippen LogP contribution in [0.15, 0.2) is 54.9 Å². The van der Waals surface area contributed by atoms with Crippen molar-refractivity contribution in [3.05, 3.63) is 71.0 Å². The average Bonchev–Trinajstić information content (AvgIpc) is 3.04. The zero-order valence-corrected chi connectivity index (χ0v) is 12.1. The van der Waals surface area contributed by atoms with E-state index in [0.29, 0.717) is 11.0 Å². The van der Waals surface area contributed by atoms with Crippen LogP contribution in [0.2, 0.25) is 5.02 Å². The number of anilines is 1. The number of aromatic nitrogens is 5. The molecule has 108 valence electrons. The maximum absolute atomic E-state index is 5.97. The quantitative estimate of drug-likeness (QED) is 0.788. The summed E-state index contributed by atoms with van der Waals surface area (Å²) in [5.41, 5.74) is 2.96. The van der Waals surface area contributed by atoms with Gasteiger partial charge in [-0.15, -0.1) is 0 Å². The van der Waals surface area contributed by atoms with E-state index in [4.69, 9.17) is 11.6 Å². The van der Waals surface area contributed by atoms with Crippen molar-refractivity contribution < 1.29 is 0 Å². The number of nitrogens with one attached hydrogen (secondary N) is 1. The molecule has 1 N–H and O–H groups in total. The number of pyridine rings is 1. The molecule has 0 fully saturated rings. The molecule has 0 amide bonds. The molecular formula is C15H11ClN6. The fourth-order valence-electron chi connectivity index (χ4n) is 2.44. The van der Waals surface area contributed by atoms with Gasteiger partial charge in [-0.2, -0.15) is 4.68 Å². The smallest absolute Gasteiger partial charge is 0.248 e. The summed E-state index contributed by atoms with van der Waals surface area (Å²) >= 11 is 5.97. The summed E-state index contributed by atoms with van der Waals surface area (Å²) in [6.45, 7) is 0. The molecule has 3 aromatic rings. The second-order valence-corrected chi connectivity index (χ2v) is 5.33. The van der Waals surface area contributed by atoms with Crippen LogP contribution < -0.4 is 5.32 Å². The molecule has 0 saturated heterocycles. The lowest BCUT2D eigenvalue weighted by atomic mass is 10.0. The van der Waals surface area contributed by atoms with E-state index in [0.717, 1.165) is 16.8 Å². The summed E-state index contributed by atoms with van der Waals surface area (Å²) in [5, 5.41) is 15.8. The Morgan fingerprint density at radius 1 is 1.14 bits per heavy atom. The first kappa shape index (κ1) is 13.0. The summed E-state index contributed by atoms with van der Waals surface area (Å²) in [6, 6.07) is 11.5. The van der Waals surface area contributed by atoms with E-state index in [1.165, 1.54) is 0 Å². The Kier molecular flexibility index (Phi) is 3.08. The largest absolute Gasteiger partial charge is 0.323 e. The molecule has 0 saturated carbocycles. The number of benzene rings is 1. The molecule has 0 unspecified atom stereocenters. The summed E-state index contributed by atoms with van der Waals surface area (Å²) < 4.78 is 1.74. The summed E-state index contributed by atoms with van der Waals surface area (Å²) in [7, 11) is 0. The highest BCUT2D eigenvalue weighted by molar-refractivity contribution is 6.30. The molecule has 4 rings (SSSR count). The van der Waals surface area contributed by atoms with Crippen LogP contribution in [-0.2, 0) is 0 Å². The molecule has 6 nitrogen and oxygen atoms in total. The number of allylic oxidation sites excluding steroid dienone is 1. The highest BCUT2D eigenvalue weighted by Gasteiger charge is 2.24. The van der Waals surface area contributed by atoms with Crippen LogP contribution >= 0.6 is 11.6 Å². The zero-order chi connectivity index (χ0) is 14.9. The lowest BCUT2D eigenvalue weighted by molar-refractivity contribution is 0.586.